The summed E-state index contributed by atoms with van der Waals surface area (Å²) in [6.07, 6.45) is 3.55. The maximum absolute atomic E-state index is 12.1. The van der Waals surface area contributed by atoms with Gasteiger partial charge in [0.25, 0.3) is 0 Å². The Balaban J connectivity index is 2.14. The van der Waals surface area contributed by atoms with Crippen LogP contribution in [-0.2, 0) is 11.2 Å². The molecule has 0 heterocycles. The first kappa shape index (κ1) is 11.7. The van der Waals surface area contributed by atoms with Gasteiger partial charge in [0.15, 0.2) is 5.78 Å². The van der Waals surface area contributed by atoms with E-state index in [-0.39, 0.29) is 11.7 Å². The molecule has 2 aliphatic carbocycles. The fourth-order valence-corrected chi connectivity index (χ4v) is 3.52. The predicted molar refractivity (Wildman–Crippen MR) is 67.9 cm³/mol. The van der Waals surface area contributed by atoms with Crippen molar-refractivity contribution in [2.24, 2.45) is 0 Å². The number of methoxy groups -OCH3 is 1. The highest BCUT2D eigenvalue weighted by Crippen LogP contribution is 2.49. The summed E-state index contributed by atoms with van der Waals surface area (Å²) in [5.41, 5.74) is 1.13. The van der Waals surface area contributed by atoms with Gasteiger partial charge in [0.05, 0.1) is 7.11 Å². The van der Waals surface area contributed by atoms with Gasteiger partial charge in [-0.2, -0.15) is 0 Å². The lowest BCUT2D eigenvalue weighted by molar-refractivity contribution is -0.145. The fraction of sp³-hybridized carbons (Fsp3) is 0.533. The van der Waals surface area contributed by atoms with Crippen LogP contribution in [0.25, 0.3) is 0 Å². The SMILES string of the molecule is COc1cccc2c1C1CCCC(=O)C1(O)CC2. The normalized spacial score (nSPS) is 30.6. The van der Waals surface area contributed by atoms with Crippen LogP contribution in [0.4, 0.5) is 0 Å². The van der Waals surface area contributed by atoms with Crippen LogP contribution in [0.3, 0.4) is 0 Å². The monoisotopic (exact) mass is 246 g/mol. The Bertz CT molecular complexity index is 480. The van der Waals surface area contributed by atoms with E-state index in [4.69, 9.17) is 4.74 Å². The minimum Gasteiger partial charge on any atom is -0.496 e. The Kier molecular flexibility index (Phi) is 2.67. The Morgan fingerprint density at radius 1 is 1.39 bits per heavy atom. The molecule has 0 amide bonds. The quantitative estimate of drug-likeness (QED) is 0.826. The summed E-state index contributed by atoms with van der Waals surface area (Å²) in [6, 6.07) is 5.98. The van der Waals surface area contributed by atoms with Gasteiger partial charge in [-0.25, -0.2) is 0 Å². The smallest absolute Gasteiger partial charge is 0.164 e. The second kappa shape index (κ2) is 4.09. The molecule has 0 radical (unpaired) electrons. The summed E-state index contributed by atoms with van der Waals surface area (Å²) >= 11 is 0. The van der Waals surface area contributed by atoms with Crippen LogP contribution in [0.2, 0.25) is 0 Å². The number of hydrogen-bond donors (Lipinski definition) is 1. The first-order chi connectivity index (χ1) is 8.66. The molecule has 1 fully saturated rings. The van der Waals surface area contributed by atoms with Crippen molar-refractivity contribution in [3.8, 4) is 5.75 Å². The minimum absolute atomic E-state index is 0.00954. The topological polar surface area (TPSA) is 46.5 Å². The van der Waals surface area contributed by atoms with E-state index < -0.39 is 5.60 Å². The van der Waals surface area contributed by atoms with Crippen molar-refractivity contribution in [2.45, 2.75) is 43.6 Å². The van der Waals surface area contributed by atoms with Crippen molar-refractivity contribution in [1.29, 1.82) is 0 Å². The number of carbonyl (C=O) groups excluding carboxylic acids is 1. The molecule has 0 saturated heterocycles. The van der Waals surface area contributed by atoms with Gasteiger partial charge in [-0.1, -0.05) is 12.1 Å². The third kappa shape index (κ3) is 1.50. The third-order valence-electron chi connectivity index (χ3n) is 4.46. The highest BCUT2D eigenvalue weighted by atomic mass is 16.5. The number of ether oxygens (including phenoxy) is 1. The van der Waals surface area contributed by atoms with Crippen molar-refractivity contribution in [3.05, 3.63) is 29.3 Å². The van der Waals surface area contributed by atoms with Gasteiger partial charge in [-0.3, -0.25) is 4.79 Å². The number of aryl methyl sites for hydroxylation is 1. The summed E-state index contributed by atoms with van der Waals surface area (Å²) in [5.74, 6) is 0.735. The summed E-state index contributed by atoms with van der Waals surface area (Å²) < 4.78 is 5.42. The Hall–Kier alpha value is -1.35. The number of benzene rings is 1. The lowest BCUT2D eigenvalue weighted by atomic mass is 9.64. The average Bonchev–Trinajstić information content (AvgIpc) is 2.39. The number of aliphatic hydroxyl groups is 1. The number of Topliss-reactive ketones (excluding diaryl/α,β-unsaturated/α-hetero) is 1. The first-order valence-electron chi connectivity index (χ1n) is 6.58. The summed E-state index contributed by atoms with van der Waals surface area (Å²) in [7, 11) is 1.65. The molecule has 3 heteroatoms. The molecule has 0 spiro atoms. The van der Waals surface area contributed by atoms with Gasteiger partial charge >= 0.3 is 0 Å². The molecule has 1 aromatic rings. The fourth-order valence-electron chi connectivity index (χ4n) is 3.52. The van der Waals surface area contributed by atoms with Gasteiger partial charge in [-0.15, -0.1) is 0 Å². The lowest BCUT2D eigenvalue weighted by Gasteiger charge is -2.43. The van der Waals surface area contributed by atoms with E-state index in [0.29, 0.717) is 12.8 Å². The minimum atomic E-state index is -1.15. The number of hydrogen-bond acceptors (Lipinski definition) is 3. The number of carbonyl (C=O) groups is 1. The predicted octanol–water partition coefficient (Wildman–Crippen LogP) is 2.21. The zero-order valence-corrected chi connectivity index (χ0v) is 10.6. The van der Waals surface area contributed by atoms with Crippen molar-refractivity contribution in [3.63, 3.8) is 0 Å². The lowest BCUT2D eigenvalue weighted by Crippen LogP contribution is -2.49. The molecule has 0 aromatic heterocycles. The maximum Gasteiger partial charge on any atom is 0.164 e. The van der Waals surface area contributed by atoms with Crippen LogP contribution in [0, 0.1) is 0 Å². The number of ketones is 1. The Labute approximate surface area is 107 Å². The van der Waals surface area contributed by atoms with Crippen molar-refractivity contribution in [1.82, 2.24) is 0 Å². The molecule has 1 aromatic carbocycles. The zero-order chi connectivity index (χ0) is 12.8. The van der Waals surface area contributed by atoms with E-state index in [1.165, 1.54) is 5.56 Å². The van der Waals surface area contributed by atoms with Crippen molar-refractivity contribution >= 4 is 5.78 Å². The highest BCUT2D eigenvalue weighted by molar-refractivity contribution is 5.89. The number of rotatable bonds is 1. The van der Waals surface area contributed by atoms with Gasteiger partial charge in [0.1, 0.15) is 11.4 Å². The molecule has 1 saturated carbocycles. The molecule has 2 unspecified atom stereocenters. The molecule has 3 nitrogen and oxygen atoms in total. The summed E-state index contributed by atoms with van der Waals surface area (Å²) in [6.45, 7) is 0. The van der Waals surface area contributed by atoms with Crippen LogP contribution in [-0.4, -0.2) is 23.6 Å². The Morgan fingerprint density at radius 3 is 3.00 bits per heavy atom. The third-order valence-corrected chi connectivity index (χ3v) is 4.46. The van der Waals surface area contributed by atoms with Crippen LogP contribution in [0.15, 0.2) is 18.2 Å². The molecule has 1 N–H and O–H groups in total. The molecular weight excluding hydrogens is 228 g/mol. The van der Waals surface area contributed by atoms with E-state index in [0.717, 1.165) is 30.6 Å². The van der Waals surface area contributed by atoms with E-state index in [1.54, 1.807) is 7.11 Å². The van der Waals surface area contributed by atoms with Gasteiger partial charge < -0.3 is 9.84 Å². The van der Waals surface area contributed by atoms with Gasteiger partial charge in [0, 0.05) is 17.9 Å². The summed E-state index contributed by atoms with van der Waals surface area (Å²) in [4.78, 5) is 12.1. The summed E-state index contributed by atoms with van der Waals surface area (Å²) in [5, 5.41) is 10.7. The maximum atomic E-state index is 12.1. The molecule has 96 valence electrons. The molecule has 0 aliphatic heterocycles. The van der Waals surface area contributed by atoms with Crippen LogP contribution in [0.1, 0.15) is 42.7 Å². The zero-order valence-electron chi connectivity index (χ0n) is 10.6. The van der Waals surface area contributed by atoms with E-state index >= 15 is 0 Å². The average molecular weight is 246 g/mol. The second-order valence-electron chi connectivity index (χ2n) is 5.33. The van der Waals surface area contributed by atoms with E-state index in [2.05, 4.69) is 6.07 Å². The standard InChI is InChI=1S/C15H18O3/c1-18-12-6-2-4-10-8-9-15(17)11(14(10)12)5-3-7-13(15)16/h2,4,6,11,17H,3,5,7-9H2,1H3. The van der Waals surface area contributed by atoms with Crippen LogP contribution in [0.5, 0.6) is 5.75 Å². The van der Waals surface area contributed by atoms with Crippen molar-refractivity contribution in [2.75, 3.05) is 7.11 Å². The molecule has 3 rings (SSSR count). The van der Waals surface area contributed by atoms with Gasteiger partial charge in [0.2, 0.25) is 0 Å². The number of fused-ring (bicyclic) bond motifs is 3. The largest absolute Gasteiger partial charge is 0.496 e. The highest BCUT2D eigenvalue weighted by Gasteiger charge is 2.49. The second-order valence-corrected chi connectivity index (χ2v) is 5.33. The van der Waals surface area contributed by atoms with Crippen LogP contribution < -0.4 is 4.74 Å². The molecule has 2 aliphatic rings. The van der Waals surface area contributed by atoms with E-state index in [1.807, 2.05) is 12.1 Å². The van der Waals surface area contributed by atoms with Crippen LogP contribution >= 0.6 is 0 Å². The first-order valence-corrected chi connectivity index (χ1v) is 6.58. The molecular formula is C15H18O3. The van der Waals surface area contributed by atoms with Gasteiger partial charge in [-0.05, 0) is 37.3 Å². The molecule has 2 atom stereocenters. The van der Waals surface area contributed by atoms with Crippen molar-refractivity contribution < 1.29 is 14.6 Å². The van der Waals surface area contributed by atoms with E-state index in [9.17, 15) is 9.90 Å². The molecule has 0 bridgehead atoms. The Morgan fingerprint density at radius 2 is 2.22 bits per heavy atom. The molecule has 18 heavy (non-hydrogen) atoms.